The SMILES string of the molecule is COC(=O)CS(=O)(=O)NC1CC(N)C1. The molecule has 1 fully saturated rings. The summed E-state index contributed by atoms with van der Waals surface area (Å²) in [7, 11) is -2.41. The molecule has 7 heteroatoms. The Hall–Kier alpha value is -0.660. The van der Waals surface area contributed by atoms with Gasteiger partial charge in [-0.25, -0.2) is 13.1 Å². The van der Waals surface area contributed by atoms with E-state index in [1.54, 1.807) is 0 Å². The monoisotopic (exact) mass is 222 g/mol. The molecule has 14 heavy (non-hydrogen) atoms. The van der Waals surface area contributed by atoms with Gasteiger partial charge >= 0.3 is 5.97 Å². The van der Waals surface area contributed by atoms with Gasteiger partial charge in [0.15, 0.2) is 5.75 Å². The van der Waals surface area contributed by atoms with Gasteiger partial charge in [0, 0.05) is 12.1 Å². The minimum Gasteiger partial charge on any atom is -0.468 e. The van der Waals surface area contributed by atoms with Crippen molar-refractivity contribution in [3.8, 4) is 0 Å². The van der Waals surface area contributed by atoms with Crippen LogP contribution in [0.5, 0.6) is 0 Å². The summed E-state index contributed by atoms with van der Waals surface area (Å²) in [5.74, 6) is -1.39. The third-order valence-corrected chi connectivity index (χ3v) is 3.36. The van der Waals surface area contributed by atoms with E-state index in [0.717, 1.165) is 7.11 Å². The maximum Gasteiger partial charge on any atom is 0.322 e. The Labute approximate surface area is 82.8 Å². The summed E-state index contributed by atoms with van der Waals surface area (Å²) >= 11 is 0. The molecule has 82 valence electrons. The highest BCUT2D eigenvalue weighted by atomic mass is 32.2. The van der Waals surface area contributed by atoms with Crippen LogP contribution < -0.4 is 10.5 Å². The molecule has 0 atom stereocenters. The van der Waals surface area contributed by atoms with E-state index in [4.69, 9.17) is 5.73 Å². The van der Waals surface area contributed by atoms with Crippen LogP contribution in [0.4, 0.5) is 0 Å². The van der Waals surface area contributed by atoms with Crippen LogP contribution in [-0.4, -0.2) is 39.3 Å². The largest absolute Gasteiger partial charge is 0.468 e. The first-order valence-corrected chi connectivity index (χ1v) is 5.90. The van der Waals surface area contributed by atoms with E-state index in [0.29, 0.717) is 12.8 Å². The maximum atomic E-state index is 11.3. The second-order valence-corrected chi connectivity index (χ2v) is 5.14. The van der Waals surface area contributed by atoms with Gasteiger partial charge in [-0.15, -0.1) is 0 Å². The van der Waals surface area contributed by atoms with Gasteiger partial charge in [-0.1, -0.05) is 0 Å². The Bertz CT molecular complexity index is 308. The summed E-state index contributed by atoms with van der Waals surface area (Å²) < 4.78 is 29.2. The number of sulfonamides is 1. The van der Waals surface area contributed by atoms with Crippen LogP contribution in [0.25, 0.3) is 0 Å². The highest BCUT2D eigenvalue weighted by Crippen LogP contribution is 2.18. The van der Waals surface area contributed by atoms with Crippen molar-refractivity contribution in [2.45, 2.75) is 24.9 Å². The molecule has 0 saturated heterocycles. The fourth-order valence-corrected chi connectivity index (χ4v) is 2.48. The normalized spacial score (nSPS) is 26.7. The Balaban J connectivity index is 2.38. The van der Waals surface area contributed by atoms with E-state index in [1.165, 1.54) is 0 Å². The van der Waals surface area contributed by atoms with Crippen molar-refractivity contribution in [1.29, 1.82) is 0 Å². The number of hydrogen-bond acceptors (Lipinski definition) is 5. The van der Waals surface area contributed by atoms with Crippen LogP contribution >= 0.6 is 0 Å². The Kier molecular flexibility index (Phi) is 3.46. The van der Waals surface area contributed by atoms with Crippen molar-refractivity contribution >= 4 is 16.0 Å². The van der Waals surface area contributed by atoms with Crippen LogP contribution in [0.1, 0.15) is 12.8 Å². The maximum absolute atomic E-state index is 11.3. The molecule has 1 rings (SSSR count). The van der Waals surface area contributed by atoms with Crippen LogP contribution in [0.3, 0.4) is 0 Å². The Morgan fingerprint density at radius 3 is 2.57 bits per heavy atom. The number of nitrogens with one attached hydrogen (secondary N) is 1. The smallest absolute Gasteiger partial charge is 0.322 e. The lowest BCUT2D eigenvalue weighted by Crippen LogP contribution is -2.51. The molecule has 1 aliphatic rings. The average Bonchev–Trinajstić information content (AvgIpc) is 2.00. The van der Waals surface area contributed by atoms with E-state index in [2.05, 4.69) is 9.46 Å². The first-order valence-electron chi connectivity index (χ1n) is 4.25. The first-order chi connectivity index (χ1) is 6.43. The fraction of sp³-hybridized carbons (Fsp3) is 0.857. The van der Waals surface area contributed by atoms with Gasteiger partial charge in [-0.05, 0) is 12.8 Å². The lowest BCUT2D eigenvalue weighted by atomic mass is 9.89. The summed E-state index contributed by atoms with van der Waals surface area (Å²) in [5.41, 5.74) is 5.49. The van der Waals surface area contributed by atoms with E-state index < -0.39 is 21.7 Å². The van der Waals surface area contributed by atoms with Crippen LogP contribution in [0.15, 0.2) is 0 Å². The van der Waals surface area contributed by atoms with Crippen molar-refractivity contribution in [3.63, 3.8) is 0 Å². The number of hydrogen-bond donors (Lipinski definition) is 2. The molecule has 0 radical (unpaired) electrons. The van der Waals surface area contributed by atoms with Gasteiger partial charge in [-0.2, -0.15) is 0 Å². The van der Waals surface area contributed by atoms with Crippen LogP contribution in [-0.2, 0) is 19.6 Å². The molecule has 3 N–H and O–H groups in total. The molecular weight excluding hydrogens is 208 g/mol. The van der Waals surface area contributed by atoms with Crippen molar-refractivity contribution in [2.24, 2.45) is 5.73 Å². The topological polar surface area (TPSA) is 98.5 Å². The Morgan fingerprint density at radius 2 is 2.14 bits per heavy atom. The Morgan fingerprint density at radius 1 is 1.57 bits per heavy atom. The third kappa shape index (κ3) is 3.24. The van der Waals surface area contributed by atoms with E-state index in [9.17, 15) is 13.2 Å². The molecule has 1 aliphatic carbocycles. The summed E-state index contributed by atoms with van der Waals surface area (Å²) in [6.07, 6.45) is 1.25. The van der Waals surface area contributed by atoms with Gasteiger partial charge < -0.3 is 10.5 Å². The molecule has 0 aliphatic heterocycles. The molecule has 1 saturated carbocycles. The number of ether oxygens (including phenoxy) is 1. The van der Waals surface area contributed by atoms with Gasteiger partial charge in [0.2, 0.25) is 10.0 Å². The zero-order valence-corrected chi connectivity index (χ0v) is 8.71. The van der Waals surface area contributed by atoms with Crippen LogP contribution in [0, 0.1) is 0 Å². The predicted molar refractivity (Wildman–Crippen MR) is 49.9 cm³/mol. The minimum absolute atomic E-state index is 0.0702. The lowest BCUT2D eigenvalue weighted by Gasteiger charge is -2.32. The molecule has 0 unspecified atom stereocenters. The highest BCUT2D eigenvalue weighted by molar-refractivity contribution is 7.90. The molecule has 0 heterocycles. The molecular formula is C7H14N2O4S. The van der Waals surface area contributed by atoms with Crippen molar-refractivity contribution < 1.29 is 17.9 Å². The minimum atomic E-state index is -3.56. The van der Waals surface area contributed by atoms with Gasteiger partial charge in [0.25, 0.3) is 0 Å². The van der Waals surface area contributed by atoms with Crippen molar-refractivity contribution in [2.75, 3.05) is 12.9 Å². The number of rotatable bonds is 4. The first kappa shape index (κ1) is 11.4. The van der Waals surface area contributed by atoms with E-state index in [1.807, 2.05) is 0 Å². The molecule has 0 aromatic rings. The zero-order chi connectivity index (χ0) is 10.8. The molecule has 0 aromatic heterocycles. The molecule has 0 spiro atoms. The molecule has 0 bridgehead atoms. The van der Waals surface area contributed by atoms with Crippen LogP contribution in [0.2, 0.25) is 0 Å². The second kappa shape index (κ2) is 4.24. The summed E-state index contributed by atoms with van der Waals surface area (Å²) in [5, 5.41) is 0. The number of nitrogens with two attached hydrogens (primary N) is 1. The predicted octanol–water partition coefficient (Wildman–Crippen LogP) is -1.43. The van der Waals surface area contributed by atoms with E-state index >= 15 is 0 Å². The summed E-state index contributed by atoms with van der Waals surface area (Å²) in [6, 6.07) is -0.0551. The highest BCUT2D eigenvalue weighted by Gasteiger charge is 2.30. The third-order valence-electron chi connectivity index (χ3n) is 2.06. The molecule has 0 aromatic carbocycles. The van der Waals surface area contributed by atoms with Crippen molar-refractivity contribution in [1.82, 2.24) is 4.72 Å². The van der Waals surface area contributed by atoms with Gasteiger partial charge in [0.05, 0.1) is 7.11 Å². The van der Waals surface area contributed by atoms with Crippen molar-refractivity contribution in [3.05, 3.63) is 0 Å². The number of esters is 1. The lowest BCUT2D eigenvalue weighted by molar-refractivity contribution is -0.137. The average molecular weight is 222 g/mol. The van der Waals surface area contributed by atoms with E-state index in [-0.39, 0.29) is 12.1 Å². The quantitative estimate of drug-likeness (QED) is 0.568. The standard InChI is InChI=1S/C7H14N2O4S/c1-13-7(10)4-14(11,12)9-6-2-5(8)3-6/h5-6,9H,2-4,8H2,1H3. The number of carbonyl (C=O) groups excluding carboxylic acids is 1. The zero-order valence-electron chi connectivity index (χ0n) is 7.89. The summed E-state index contributed by atoms with van der Waals surface area (Å²) in [4.78, 5) is 10.7. The molecule has 0 amide bonds. The van der Waals surface area contributed by atoms with Gasteiger partial charge in [0.1, 0.15) is 0 Å². The summed E-state index contributed by atoms with van der Waals surface area (Å²) in [6.45, 7) is 0. The number of methoxy groups -OCH3 is 1. The number of carbonyl (C=O) groups is 1. The fourth-order valence-electron chi connectivity index (χ4n) is 1.27. The van der Waals surface area contributed by atoms with Gasteiger partial charge in [-0.3, -0.25) is 4.79 Å². The molecule has 6 nitrogen and oxygen atoms in total. The second-order valence-electron chi connectivity index (χ2n) is 3.38.